The molecule has 1 aromatic heterocycles. The van der Waals surface area contributed by atoms with Crippen molar-refractivity contribution in [3.63, 3.8) is 0 Å². The summed E-state index contributed by atoms with van der Waals surface area (Å²) in [5, 5.41) is 3.57. The molecule has 3 aromatic rings. The van der Waals surface area contributed by atoms with Crippen LogP contribution in [0.1, 0.15) is 10.4 Å². The predicted molar refractivity (Wildman–Crippen MR) is 80.5 cm³/mol. The lowest BCUT2D eigenvalue weighted by molar-refractivity contribution is 0.102. The van der Waals surface area contributed by atoms with Gasteiger partial charge < -0.3 is 11.1 Å². The number of fused-ring (bicyclic) bond motifs is 1. The van der Waals surface area contributed by atoms with Gasteiger partial charge in [0.15, 0.2) is 0 Å². The van der Waals surface area contributed by atoms with Crippen LogP contribution in [0.15, 0.2) is 54.7 Å². The fraction of sp³-hybridized carbons (Fsp3) is 0. The normalized spacial score (nSPS) is 10.5. The molecule has 0 spiro atoms. The molecule has 0 saturated heterocycles. The van der Waals surface area contributed by atoms with Gasteiger partial charge in [0.2, 0.25) is 0 Å². The maximum Gasteiger partial charge on any atom is 0.257 e. The second-order valence-corrected chi connectivity index (χ2v) is 4.57. The van der Waals surface area contributed by atoms with Crippen LogP contribution in [0.4, 0.5) is 15.8 Å². The molecule has 0 bridgehead atoms. The zero-order valence-corrected chi connectivity index (χ0v) is 11.0. The zero-order valence-electron chi connectivity index (χ0n) is 11.0. The highest BCUT2D eigenvalue weighted by Gasteiger charge is 2.11. The molecule has 0 aliphatic rings. The minimum Gasteiger partial charge on any atom is -0.396 e. The van der Waals surface area contributed by atoms with E-state index in [1.54, 1.807) is 18.3 Å². The number of nitrogens with one attached hydrogen (secondary N) is 1. The molecule has 0 fully saturated rings. The Hall–Kier alpha value is -2.95. The number of anilines is 2. The van der Waals surface area contributed by atoms with Gasteiger partial charge in [-0.3, -0.25) is 9.78 Å². The number of amides is 1. The van der Waals surface area contributed by atoms with Crippen molar-refractivity contribution in [1.29, 1.82) is 0 Å². The summed E-state index contributed by atoms with van der Waals surface area (Å²) in [7, 11) is 0. The molecule has 104 valence electrons. The topological polar surface area (TPSA) is 68.0 Å². The number of carbonyl (C=O) groups is 1. The molecule has 21 heavy (non-hydrogen) atoms. The van der Waals surface area contributed by atoms with E-state index in [2.05, 4.69) is 10.3 Å². The lowest BCUT2D eigenvalue weighted by Gasteiger charge is -2.08. The average molecular weight is 281 g/mol. The van der Waals surface area contributed by atoms with Crippen molar-refractivity contribution in [2.75, 3.05) is 11.1 Å². The number of benzene rings is 2. The molecule has 1 heterocycles. The zero-order chi connectivity index (χ0) is 14.8. The first kappa shape index (κ1) is 13.1. The third-order valence-electron chi connectivity index (χ3n) is 3.13. The van der Waals surface area contributed by atoms with Crippen molar-refractivity contribution in [2.24, 2.45) is 0 Å². The van der Waals surface area contributed by atoms with Crippen LogP contribution < -0.4 is 11.1 Å². The quantitative estimate of drug-likeness (QED) is 0.709. The third kappa shape index (κ3) is 2.53. The number of aromatic nitrogens is 1. The summed E-state index contributed by atoms with van der Waals surface area (Å²) in [5.41, 5.74) is 6.99. The maximum absolute atomic E-state index is 13.1. The van der Waals surface area contributed by atoms with Crippen molar-refractivity contribution in [2.45, 2.75) is 0 Å². The Bertz CT molecular complexity index is 827. The standard InChI is InChI=1S/C16H12FN3O/c17-13-7-6-11(9-14(13)18)20-16(21)12-5-1-3-10-4-2-8-19-15(10)12/h1-9H,18H2,(H,20,21). The van der Waals surface area contributed by atoms with E-state index in [1.165, 1.54) is 18.2 Å². The highest BCUT2D eigenvalue weighted by molar-refractivity contribution is 6.11. The predicted octanol–water partition coefficient (Wildman–Crippen LogP) is 3.21. The highest BCUT2D eigenvalue weighted by atomic mass is 19.1. The van der Waals surface area contributed by atoms with Crippen molar-refractivity contribution >= 4 is 28.2 Å². The van der Waals surface area contributed by atoms with Gasteiger partial charge in [-0.25, -0.2) is 4.39 Å². The first-order chi connectivity index (χ1) is 10.1. The molecule has 0 atom stereocenters. The summed E-state index contributed by atoms with van der Waals surface area (Å²) >= 11 is 0. The number of nitrogen functional groups attached to an aromatic ring is 1. The van der Waals surface area contributed by atoms with Gasteiger partial charge in [-0.15, -0.1) is 0 Å². The van der Waals surface area contributed by atoms with E-state index in [0.29, 0.717) is 16.8 Å². The minimum absolute atomic E-state index is 0.0103. The van der Waals surface area contributed by atoms with Crippen LogP contribution in [0, 0.1) is 5.82 Å². The van der Waals surface area contributed by atoms with Crippen LogP contribution in [0.5, 0.6) is 0 Å². The van der Waals surface area contributed by atoms with Crippen LogP contribution in [-0.4, -0.2) is 10.9 Å². The number of rotatable bonds is 2. The van der Waals surface area contributed by atoms with E-state index in [0.717, 1.165) is 5.39 Å². The summed E-state index contributed by atoms with van der Waals surface area (Å²) < 4.78 is 13.1. The molecule has 0 radical (unpaired) electrons. The largest absolute Gasteiger partial charge is 0.396 e. The van der Waals surface area contributed by atoms with Crippen LogP contribution in [-0.2, 0) is 0 Å². The van der Waals surface area contributed by atoms with Gasteiger partial charge in [-0.05, 0) is 30.3 Å². The van der Waals surface area contributed by atoms with E-state index < -0.39 is 5.82 Å². The highest BCUT2D eigenvalue weighted by Crippen LogP contribution is 2.20. The number of hydrogen-bond donors (Lipinski definition) is 2. The molecule has 4 nitrogen and oxygen atoms in total. The van der Waals surface area contributed by atoms with Crippen molar-refractivity contribution in [3.05, 3.63) is 66.1 Å². The summed E-state index contributed by atoms with van der Waals surface area (Å²) in [5.74, 6) is -0.829. The molecule has 0 aliphatic carbocycles. The molecule has 2 aromatic carbocycles. The van der Waals surface area contributed by atoms with Gasteiger partial charge in [-0.1, -0.05) is 18.2 Å². The van der Waals surface area contributed by atoms with Crippen LogP contribution in [0.3, 0.4) is 0 Å². The molecular formula is C16H12FN3O. The Kier molecular flexibility index (Phi) is 3.23. The lowest BCUT2D eigenvalue weighted by Crippen LogP contribution is -2.13. The number of hydrogen-bond acceptors (Lipinski definition) is 3. The number of nitrogens with zero attached hydrogens (tertiary/aromatic N) is 1. The molecule has 0 saturated carbocycles. The number of nitrogens with two attached hydrogens (primary N) is 1. The minimum atomic E-state index is -0.514. The first-order valence-electron chi connectivity index (χ1n) is 6.35. The summed E-state index contributed by atoms with van der Waals surface area (Å²) in [6.07, 6.45) is 1.63. The number of para-hydroxylation sites is 1. The lowest BCUT2D eigenvalue weighted by atomic mass is 10.1. The Morgan fingerprint density at radius 3 is 2.76 bits per heavy atom. The molecule has 3 rings (SSSR count). The number of carbonyl (C=O) groups excluding carboxylic acids is 1. The molecule has 5 heteroatoms. The van der Waals surface area contributed by atoms with Crippen LogP contribution >= 0.6 is 0 Å². The van der Waals surface area contributed by atoms with Gasteiger partial charge in [0.05, 0.1) is 16.8 Å². The summed E-state index contributed by atoms with van der Waals surface area (Å²) in [6.45, 7) is 0. The van der Waals surface area contributed by atoms with E-state index >= 15 is 0 Å². The van der Waals surface area contributed by atoms with Gasteiger partial charge >= 0.3 is 0 Å². The number of pyridine rings is 1. The Morgan fingerprint density at radius 1 is 1.14 bits per heavy atom. The van der Waals surface area contributed by atoms with Crippen molar-refractivity contribution in [3.8, 4) is 0 Å². The van der Waals surface area contributed by atoms with Crippen molar-refractivity contribution in [1.82, 2.24) is 4.98 Å². The second-order valence-electron chi connectivity index (χ2n) is 4.57. The molecular weight excluding hydrogens is 269 g/mol. The summed E-state index contributed by atoms with van der Waals surface area (Å²) in [6, 6.07) is 13.1. The summed E-state index contributed by atoms with van der Waals surface area (Å²) in [4.78, 5) is 16.6. The Balaban J connectivity index is 1.95. The average Bonchev–Trinajstić information content (AvgIpc) is 2.50. The molecule has 0 unspecified atom stereocenters. The number of halogens is 1. The van der Waals surface area contributed by atoms with Crippen LogP contribution in [0.2, 0.25) is 0 Å². The van der Waals surface area contributed by atoms with Crippen molar-refractivity contribution < 1.29 is 9.18 Å². The van der Waals surface area contributed by atoms with E-state index in [1.807, 2.05) is 18.2 Å². The van der Waals surface area contributed by atoms with Gasteiger partial charge in [-0.2, -0.15) is 0 Å². The van der Waals surface area contributed by atoms with Crippen LogP contribution in [0.25, 0.3) is 10.9 Å². The smallest absolute Gasteiger partial charge is 0.257 e. The molecule has 1 amide bonds. The second kappa shape index (κ2) is 5.20. The fourth-order valence-corrected chi connectivity index (χ4v) is 2.11. The first-order valence-corrected chi connectivity index (χ1v) is 6.35. The maximum atomic E-state index is 13.1. The van der Waals surface area contributed by atoms with E-state index in [-0.39, 0.29) is 11.6 Å². The van der Waals surface area contributed by atoms with Gasteiger partial charge in [0, 0.05) is 17.3 Å². The third-order valence-corrected chi connectivity index (χ3v) is 3.13. The Morgan fingerprint density at radius 2 is 1.95 bits per heavy atom. The van der Waals surface area contributed by atoms with E-state index in [9.17, 15) is 9.18 Å². The van der Waals surface area contributed by atoms with Gasteiger partial charge in [0.25, 0.3) is 5.91 Å². The van der Waals surface area contributed by atoms with Gasteiger partial charge in [0.1, 0.15) is 5.82 Å². The fourth-order valence-electron chi connectivity index (χ4n) is 2.11. The molecule has 3 N–H and O–H groups in total. The SMILES string of the molecule is Nc1cc(NC(=O)c2cccc3cccnc23)ccc1F. The van der Waals surface area contributed by atoms with E-state index in [4.69, 9.17) is 5.73 Å². The Labute approximate surface area is 120 Å². The monoisotopic (exact) mass is 281 g/mol. The molecule has 0 aliphatic heterocycles.